The van der Waals surface area contributed by atoms with Crippen LogP contribution in [0.3, 0.4) is 0 Å². The lowest BCUT2D eigenvalue weighted by Gasteiger charge is -2.15. The third-order valence-electron chi connectivity index (χ3n) is 4.34. The lowest BCUT2D eigenvalue weighted by molar-refractivity contribution is -0.386. The van der Waals surface area contributed by atoms with Gasteiger partial charge in [-0.15, -0.1) is 0 Å². The number of hydrogen-bond donors (Lipinski definition) is 0. The van der Waals surface area contributed by atoms with Crippen molar-refractivity contribution in [1.82, 2.24) is 4.31 Å². The molecule has 0 aromatic heterocycles. The summed E-state index contributed by atoms with van der Waals surface area (Å²) in [5.74, 6) is -1.40. The summed E-state index contributed by atoms with van der Waals surface area (Å²) in [6.45, 7) is 0.190. The largest absolute Gasteiger partial charge is 0.478 e. The number of Topliss-reactive ketones (excluding diaryl/α,β-unsaturated/α-hetero) is 1. The van der Waals surface area contributed by atoms with Gasteiger partial charge in [0.15, 0.2) is 18.1 Å². The van der Waals surface area contributed by atoms with Crippen LogP contribution in [0.4, 0.5) is 10.1 Å². The Hall–Kier alpha value is -2.85. The molecule has 0 aliphatic carbocycles. The molecule has 0 atom stereocenters. The minimum atomic E-state index is -3.83. The molecule has 0 radical (unpaired) electrons. The Kier molecular flexibility index (Phi) is 5.71. The zero-order valence-electron chi connectivity index (χ0n) is 14.7. The second-order valence-corrected chi connectivity index (χ2v) is 8.16. The fourth-order valence-electron chi connectivity index (χ4n) is 2.89. The molecule has 10 heteroatoms. The number of nitro benzene ring substituents is 1. The van der Waals surface area contributed by atoms with Crippen molar-refractivity contribution >= 4 is 21.5 Å². The zero-order valence-corrected chi connectivity index (χ0v) is 15.5. The fourth-order valence-corrected chi connectivity index (χ4v) is 4.43. The van der Waals surface area contributed by atoms with Gasteiger partial charge in [0.05, 0.1) is 9.82 Å². The Morgan fingerprint density at radius 3 is 2.54 bits per heavy atom. The molecule has 0 spiro atoms. The van der Waals surface area contributed by atoms with E-state index in [9.17, 15) is 27.7 Å². The Labute approximate surface area is 160 Å². The van der Waals surface area contributed by atoms with Gasteiger partial charge in [-0.25, -0.2) is 12.8 Å². The molecule has 1 aliphatic heterocycles. The summed E-state index contributed by atoms with van der Waals surface area (Å²) in [6, 6.07) is 8.27. The van der Waals surface area contributed by atoms with Gasteiger partial charge < -0.3 is 4.74 Å². The summed E-state index contributed by atoms with van der Waals surface area (Å²) in [6.07, 6.45) is 1.48. The minimum absolute atomic E-state index is 0.0656. The second kappa shape index (κ2) is 8.03. The van der Waals surface area contributed by atoms with Crippen LogP contribution in [-0.4, -0.2) is 43.1 Å². The van der Waals surface area contributed by atoms with Crippen molar-refractivity contribution in [2.75, 3.05) is 19.7 Å². The number of carbonyl (C=O) groups is 1. The first-order valence-corrected chi connectivity index (χ1v) is 9.93. The molecule has 0 bridgehead atoms. The molecule has 0 unspecified atom stereocenters. The number of benzene rings is 2. The van der Waals surface area contributed by atoms with Crippen LogP contribution in [0.2, 0.25) is 0 Å². The highest BCUT2D eigenvalue weighted by atomic mass is 32.2. The highest BCUT2D eigenvalue weighted by Gasteiger charge is 2.30. The number of nitro groups is 1. The van der Waals surface area contributed by atoms with Gasteiger partial charge in [-0.2, -0.15) is 4.31 Å². The van der Waals surface area contributed by atoms with Crippen LogP contribution >= 0.6 is 0 Å². The predicted octanol–water partition coefficient (Wildman–Crippen LogP) is 2.78. The van der Waals surface area contributed by atoms with Crippen molar-refractivity contribution < 1.29 is 27.3 Å². The number of hydrogen-bond acceptors (Lipinski definition) is 6. The van der Waals surface area contributed by atoms with Gasteiger partial charge in [-0.1, -0.05) is 12.1 Å². The fraction of sp³-hybridized carbons (Fsp3) is 0.278. The lowest BCUT2D eigenvalue weighted by Crippen LogP contribution is -2.27. The standard InChI is InChI=1S/C18H17FN2O6S/c19-14-5-3-4-13(10-14)17(22)12-27-18-7-6-15(11-16(18)21(23)24)28(25,26)20-8-1-2-9-20/h3-7,10-11H,1-2,8-9,12H2. The van der Waals surface area contributed by atoms with Gasteiger partial charge in [-0.05, 0) is 37.1 Å². The monoisotopic (exact) mass is 408 g/mol. The summed E-state index contributed by atoms with van der Waals surface area (Å²) in [4.78, 5) is 22.5. The Morgan fingerprint density at radius 2 is 1.89 bits per heavy atom. The van der Waals surface area contributed by atoms with Crippen LogP contribution in [0.1, 0.15) is 23.2 Å². The van der Waals surface area contributed by atoms with Crippen molar-refractivity contribution in [2.45, 2.75) is 17.7 Å². The number of carbonyl (C=O) groups excluding carboxylic acids is 1. The normalized spacial score (nSPS) is 14.8. The maximum Gasteiger partial charge on any atom is 0.312 e. The van der Waals surface area contributed by atoms with Crippen LogP contribution < -0.4 is 4.74 Å². The number of ketones is 1. The summed E-state index contributed by atoms with van der Waals surface area (Å²) in [7, 11) is -3.83. The first-order chi connectivity index (χ1) is 13.3. The van der Waals surface area contributed by atoms with E-state index < -0.39 is 38.8 Å². The quantitative estimate of drug-likeness (QED) is 0.396. The topological polar surface area (TPSA) is 107 Å². The molecule has 1 aliphatic rings. The maximum atomic E-state index is 13.2. The molecule has 1 saturated heterocycles. The summed E-state index contributed by atoms with van der Waals surface area (Å²) in [5.41, 5.74) is -0.497. The van der Waals surface area contributed by atoms with E-state index in [1.54, 1.807) is 0 Å². The van der Waals surface area contributed by atoms with Gasteiger partial charge in [0.2, 0.25) is 10.0 Å². The number of halogens is 1. The Balaban J connectivity index is 1.82. The van der Waals surface area contributed by atoms with E-state index in [0.717, 1.165) is 31.0 Å². The number of sulfonamides is 1. The van der Waals surface area contributed by atoms with Crippen LogP contribution in [0.25, 0.3) is 0 Å². The molecule has 8 nitrogen and oxygen atoms in total. The van der Waals surface area contributed by atoms with Crippen LogP contribution in [-0.2, 0) is 10.0 Å². The number of ether oxygens (including phenoxy) is 1. The van der Waals surface area contributed by atoms with Gasteiger partial charge in [0, 0.05) is 24.7 Å². The molecule has 3 rings (SSSR count). The van der Waals surface area contributed by atoms with Crippen LogP contribution in [0, 0.1) is 15.9 Å². The molecular formula is C18H17FN2O6S. The van der Waals surface area contributed by atoms with Crippen molar-refractivity contribution in [1.29, 1.82) is 0 Å². The van der Waals surface area contributed by atoms with Crippen molar-refractivity contribution in [3.8, 4) is 5.75 Å². The first-order valence-electron chi connectivity index (χ1n) is 8.49. The molecular weight excluding hydrogens is 391 g/mol. The molecule has 1 heterocycles. The first kappa shape index (κ1) is 19.9. The molecule has 28 heavy (non-hydrogen) atoms. The molecule has 0 saturated carbocycles. The third-order valence-corrected chi connectivity index (χ3v) is 6.23. The van der Waals surface area contributed by atoms with Gasteiger partial charge in [0.1, 0.15) is 5.82 Å². The summed E-state index contributed by atoms with van der Waals surface area (Å²) >= 11 is 0. The minimum Gasteiger partial charge on any atom is -0.478 e. The van der Waals surface area contributed by atoms with E-state index >= 15 is 0 Å². The van der Waals surface area contributed by atoms with E-state index in [2.05, 4.69) is 0 Å². The van der Waals surface area contributed by atoms with E-state index in [1.165, 1.54) is 28.6 Å². The summed E-state index contributed by atoms with van der Waals surface area (Å²) in [5, 5.41) is 11.4. The van der Waals surface area contributed by atoms with E-state index in [1.807, 2.05) is 0 Å². The number of rotatable bonds is 7. The molecule has 148 valence electrons. The van der Waals surface area contributed by atoms with Gasteiger partial charge in [0.25, 0.3) is 0 Å². The SMILES string of the molecule is O=C(COc1ccc(S(=O)(=O)N2CCCC2)cc1[N+](=O)[O-])c1cccc(F)c1. The van der Waals surface area contributed by atoms with Gasteiger partial charge >= 0.3 is 5.69 Å². The number of nitrogens with zero attached hydrogens (tertiary/aromatic N) is 2. The lowest BCUT2D eigenvalue weighted by atomic mass is 10.1. The molecule has 0 amide bonds. The zero-order chi connectivity index (χ0) is 20.3. The second-order valence-electron chi connectivity index (χ2n) is 6.22. The Bertz CT molecular complexity index is 1020. The van der Waals surface area contributed by atoms with Crippen molar-refractivity contribution in [3.05, 3.63) is 64.0 Å². The summed E-state index contributed by atoms with van der Waals surface area (Å²) < 4.78 is 44.9. The van der Waals surface area contributed by atoms with Crippen molar-refractivity contribution in [2.24, 2.45) is 0 Å². The van der Waals surface area contributed by atoms with E-state index in [4.69, 9.17) is 4.74 Å². The van der Waals surface area contributed by atoms with E-state index in [-0.39, 0.29) is 16.2 Å². The third kappa shape index (κ3) is 4.18. The highest BCUT2D eigenvalue weighted by Crippen LogP contribution is 2.32. The highest BCUT2D eigenvalue weighted by molar-refractivity contribution is 7.89. The molecule has 0 N–H and O–H groups in total. The molecule has 1 fully saturated rings. The van der Waals surface area contributed by atoms with Crippen molar-refractivity contribution in [3.63, 3.8) is 0 Å². The molecule has 2 aromatic rings. The molecule has 2 aromatic carbocycles. The predicted molar refractivity (Wildman–Crippen MR) is 97.3 cm³/mol. The van der Waals surface area contributed by atoms with E-state index in [0.29, 0.717) is 13.1 Å². The average Bonchev–Trinajstić information content (AvgIpc) is 3.21. The van der Waals surface area contributed by atoms with Gasteiger partial charge in [-0.3, -0.25) is 14.9 Å². The van der Waals surface area contributed by atoms with Crippen LogP contribution in [0.15, 0.2) is 47.4 Å². The van der Waals surface area contributed by atoms with Crippen LogP contribution in [0.5, 0.6) is 5.75 Å². The maximum absolute atomic E-state index is 13.2. The smallest absolute Gasteiger partial charge is 0.312 e. The Morgan fingerprint density at radius 1 is 1.18 bits per heavy atom. The average molecular weight is 408 g/mol.